The topological polar surface area (TPSA) is 55.6 Å². The lowest BCUT2D eigenvalue weighted by atomic mass is 10.1. The summed E-state index contributed by atoms with van der Waals surface area (Å²) in [6, 6.07) is 0.0871. The Labute approximate surface area is 92.3 Å². The van der Waals surface area contributed by atoms with Crippen molar-refractivity contribution in [3.63, 3.8) is 0 Å². The van der Waals surface area contributed by atoms with Crippen molar-refractivity contribution in [2.75, 3.05) is 7.05 Å². The summed E-state index contributed by atoms with van der Waals surface area (Å²) in [5, 5.41) is 13.5. The van der Waals surface area contributed by atoms with Gasteiger partial charge in [0.1, 0.15) is 0 Å². The fraction of sp³-hybridized carbons (Fsp3) is 0.444. The smallest absolute Gasteiger partial charge is 0.0971 e. The van der Waals surface area contributed by atoms with Crippen molar-refractivity contribution in [2.24, 2.45) is 0 Å². The molecule has 0 aliphatic heterocycles. The average Bonchev–Trinajstić information content (AvgIpc) is 2.89. The second-order valence-corrected chi connectivity index (χ2v) is 3.79. The largest absolute Gasteiger partial charge is 0.308 e. The molecule has 1 N–H and O–H groups in total. The maximum Gasteiger partial charge on any atom is 0.0971 e. The Kier molecular flexibility index (Phi) is 3.08. The molecule has 0 amide bonds. The number of aromatic nitrogens is 4. The molecule has 0 bridgehead atoms. The van der Waals surface area contributed by atoms with Crippen molar-refractivity contribution < 1.29 is 0 Å². The van der Waals surface area contributed by atoms with Crippen LogP contribution in [-0.4, -0.2) is 26.4 Å². The normalized spacial score (nSPS) is 12.9. The number of hydrogen-bond acceptors (Lipinski definition) is 5. The first kappa shape index (κ1) is 10.3. The summed E-state index contributed by atoms with van der Waals surface area (Å²) < 4.78 is 5.77. The standard InChI is InChI=1S/C9H13N5S/c1-3-14-5-7(4-11-14)9(10-2)8-6-15-13-12-8/h4-6,9-10H,3H2,1-2H3. The van der Waals surface area contributed by atoms with Crippen LogP contribution in [0.2, 0.25) is 0 Å². The molecule has 1 atom stereocenters. The van der Waals surface area contributed by atoms with E-state index in [1.54, 1.807) is 0 Å². The molecule has 1 unspecified atom stereocenters. The van der Waals surface area contributed by atoms with Crippen molar-refractivity contribution in [2.45, 2.75) is 19.5 Å². The van der Waals surface area contributed by atoms with Crippen molar-refractivity contribution in [1.82, 2.24) is 24.7 Å². The fourth-order valence-corrected chi connectivity index (χ4v) is 1.96. The van der Waals surface area contributed by atoms with Crippen LogP contribution in [0.5, 0.6) is 0 Å². The fourth-order valence-electron chi connectivity index (χ4n) is 1.48. The Morgan fingerprint density at radius 2 is 2.47 bits per heavy atom. The molecule has 5 nitrogen and oxygen atoms in total. The Morgan fingerprint density at radius 3 is 3.00 bits per heavy atom. The zero-order chi connectivity index (χ0) is 10.7. The molecular formula is C9H13N5S. The van der Waals surface area contributed by atoms with Crippen molar-refractivity contribution in [3.05, 3.63) is 29.0 Å². The summed E-state index contributed by atoms with van der Waals surface area (Å²) in [5.41, 5.74) is 2.06. The molecule has 0 spiro atoms. The van der Waals surface area contributed by atoms with E-state index in [9.17, 15) is 0 Å². The highest BCUT2D eigenvalue weighted by atomic mass is 32.1. The van der Waals surface area contributed by atoms with E-state index in [0.29, 0.717) is 0 Å². The molecule has 0 saturated carbocycles. The summed E-state index contributed by atoms with van der Waals surface area (Å²) in [5.74, 6) is 0. The molecule has 0 aliphatic carbocycles. The molecule has 2 aromatic rings. The quantitative estimate of drug-likeness (QED) is 0.842. The first-order valence-corrected chi connectivity index (χ1v) is 5.65. The monoisotopic (exact) mass is 223 g/mol. The van der Waals surface area contributed by atoms with Crippen molar-refractivity contribution >= 4 is 11.5 Å². The lowest BCUT2D eigenvalue weighted by molar-refractivity contribution is 0.648. The predicted octanol–water partition coefficient (Wildman–Crippen LogP) is 1.06. The first-order chi connectivity index (χ1) is 7.35. The van der Waals surface area contributed by atoms with Gasteiger partial charge in [-0.1, -0.05) is 4.49 Å². The molecule has 0 radical (unpaired) electrons. The van der Waals surface area contributed by atoms with Gasteiger partial charge in [0.2, 0.25) is 0 Å². The Balaban J connectivity index is 2.27. The van der Waals surface area contributed by atoms with Gasteiger partial charge in [-0.2, -0.15) is 5.10 Å². The summed E-state index contributed by atoms with van der Waals surface area (Å²) in [6.07, 6.45) is 3.89. The predicted molar refractivity (Wildman–Crippen MR) is 58.7 cm³/mol. The number of hydrogen-bond donors (Lipinski definition) is 1. The lowest BCUT2D eigenvalue weighted by Crippen LogP contribution is -2.17. The summed E-state index contributed by atoms with van der Waals surface area (Å²) in [4.78, 5) is 0. The van der Waals surface area contributed by atoms with E-state index in [1.807, 2.05) is 29.5 Å². The van der Waals surface area contributed by atoms with E-state index in [2.05, 4.69) is 26.9 Å². The minimum absolute atomic E-state index is 0.0871. The molecular weight excluding hydrogens is 210 g/mol. The maximum atomic E-state index is 4.25. The van der Waals surface area contributed by atoms with Crippen molar-refractivity contribution in [1.29, 1.82) is 0 Å². The van der Waals surface area contributed by atoms with Gasteiger partial charge in [-0.25, -0.2) is 0 Å². The molecule has 0 aromatic carbocycles. The van der Waals surface area contributed by atoms with Gasteiger partial charge in [0.05, 0.1) is 17.9 Å². The van der Waals surface area contributed by atoms with Crippen molar-refractivity contribution in [3.8, 4) is 0 Å². The molecule has 0 saturated heterocycles. The van der Waals surface area contributed by atoms with Crippen LogP contribution in [0.4, 0.5) is 0 Å². The van der Waals surface area contributed by atoms with Gasteiger partial charge < -0.3 is 5.32 Å². The van der Waals surface area contributed by atoms with Gasteiger partial charge >= 0.3 is 0 Å². The van der Waals surface area contributed by atoms with Gasteiger partial charge in [-0.15, -0.1) is 5.10 Å². The average molecular weight is 223 g/mol. The second kappa shape index (κ2) is 4.50. The van der Waals surface area contributed by atoms with Crippen LogP contribution in [0.15, 0.2) is 17.8 Å². The van der Waals surface area contributed by atoms with Crippen LogP contribution < -0.4 is 5.32 Å². The minimum atomic E-state index is 0.0871. The third-order valence-electron chi connectivity index (χ3n) is 2.27. The third-order valence-corrected chi connectivity index (χ3v) is 2.79. The SMILES string of the molecule is CCn1cc(C(NC)c2csnn2)cn1. The highest BCUT2D eigenvalue weighted by Gasteiger charge is 2.16. The van der Waals surface area contributed by atoms with Crippen LogP contribution in [0.25, 0.3) is 0 Å². The van der Waals surface area contributed by atoms with Gasteiger partial charge in [-0.3, -0.25) is 4.68 Å². The highest BCUT2D eigenvalue weighted by molar-refractivity contribution is 7.03. The van der Waals surface area contributed by atoms with Gasteiger partial charge in [0.25, 0.3) is 0 Å². The number of nitrogens with zero attached hydrogens (tertiary/aromatic N) is 4. The van der Waals surface area contributed by atoms with E-state index in [4.69, 9.17) is 0 Å². The van der Waals surface area contributed by atoms with E-state index < -0.39 is 0 Å². The molecule has 6 heteroatoms. The van der Waals surface area contributed by atoms with Crippen LogP contribution in [0.1, 0.15) is 24.2 Å². The molecule has 2 heterocycles. The van der Waals surface area contributed by atoms with Gasteiger partial charge in [0.15, 0.2) is 0 Å². The highest BCUT2D eigenvalue weighted by Crippen LogP contribution is 2.19. The molecule has 15 heavy (non-hydrogen) atoms. The zero-order valence-electron chi connectivity index (χ0n) is 8.71. The van der Waals surface area contributed by atoms with E-state index in [-0.39, 0.29) is 6.04 Å². The minimum Gasteiger partial charge on any atom is -0.308 e. The first-order valence-electron chi connectivity index (χ1n) is 4.81. The molecule has 0 aliphatic rings. The van der Waals surface area contributed by atoms with Crippen LogP contribution >= 0.6 is 11.5 Å². The van der Waals surface area contributed by atoms with Crippen LogP contribution in [-0.2, 0) is 6.54 Å². The number of rotatable bonds is 4. The Bertz CT molecular complexity index is 408. The van der Waals surface area contributed by atoms with E-state index >= 15 is 0 Å². The molecule has 2 aromatic heterocycles. The third kappa shape index (κ3) is 2.05. The van der Waals surface area contributed by atoms with Gasteiger partial charge in [0, 0.05) is 23.7 Å². The lowest BCUT2D eigenvalue weighted by Gasteiger charge is -2.10. The molecule has 2 rings (SSSR count). The summed E-state index contributed by atoms with van der Waals surface area (Å²) in [6.45, 7) is 2.95. The second-order valence-electron chi connectivity index (χ2n) is 3.18. The van der Waals surface area contributed by atoms with E-state index in [0.717, 1.165) is 17.8 Å². The Morgan fingerprint density at radius 1 is 1.60 bits per heavy atom. The van der Waals surface area contributed by atoms with Gasteiger partial charge in [-0.05, 0) is 25.5 Å². The zero-order valence-corrected chi connectivity index (χ0v) is 9.53. The molecule has 0 fully saturated rings. The van der Waals surface area contributed by atoms with Crippen LogP contribution in [0.3, 0.4) is 0 Å². The van der Waals surface area contributed by atoms with Crippen LogP contribution in [0, 0.1) is 0 Å². The van der Waals surface area contributed by atoms with E-state index in [1.165, 1.54) is 11.5 Å². The number of nitrogens with one attached hydrogen (secondary N) is 1. The number of aryl methyl sites for hydroxylation is 1. The summed E-state index contributed by atoms with van der Waals surface area (Å²) >= 11 is 1.36. The molecule has 80 valence electrons. The summed E-state index contributed by atoms with van der Waals surface area (Å²) in [7, 11) is 1.91. The Hall–Kier alpha value is -1.27. The maximum absolute atomic E-state index is 4.25.